The van der Waals surface area contributed by atoms with Gasteiger partial charge in [0.1, 0.15) is 11.7 Å². The summed E-state index contributed by atoms with van der Waals surface area (Å²) < 4.78 is 0. The van der Waals surface area contributed by atoms with Gasteiger partial charge < -0.3 is 4.90 Å². The number of hydrogen-bond donors (Lipinski definition) is 1. The van der Waals surface area contributed by atoms with Gasteiger partial charge in [0.2, 0.25) is 0 Å². The first-order chi connectivity index (χ1) is 6.34. The second-order valence-electron chi connectivity index (χ2n) is 3.40. The molecule has 2 heterocycles. The van der Waals surface area contributed by atoms with Gasteiger partial charge in [-0.25, -0.2) is 4.99 Å². The van der Waals surface area contributed by atoms with E-state index < -0.39 is 0 Å². The molecule has 1 aromatic carbocycles. The topological polar surface area (TPSA) is 39.5 Å². The number of benzene rings is 1. The molecule has 0 fully saturated rings. The van der Waals surface area contributed by atoms with Crippen LogP contribution in [0, 0.1) is 5.41 Å². The molecule has 1 aromatic rings. The molecular formula is C10H10ClN3. The van der Waals surface area contributed by atoms with Gasteiger partial charge in [-0.1, -0.05) is 24.3 Å². The van der Waals surface area contributed by atoms with Crippen molar-refractivity contribution in [2.24, 2.45) is 4.99 Å². The number of aliphatic imine (C=N–C) groups is 1. The molecule has 0 atom stereocenters. The molecule has 3 nitrogen and oxygen atoms in total. The van der Waals surface area contributed by atoms with Crippen LogP contribution in [-0.2, 0) is 6.54 Å². The van der Waals surface area contributed by atoms with Gasteiger partial charge >= 0.3 is 0 Å². The van der Waals surface area contributed by atoms with Gasteiger partial charge in [0.15, 0.2) is 0 Å². The second kappa shape index (κ2) is 3.10. The van der Waals surface area contributed by atoms with Crippen molar-refractivity contribution in [1.82, 2.24) is 4.90 Å². The van der Waals surface area contributed by atoms with E-state index in [-0.39, 0.29) is 12.4 Å². The highest BCUT2D eigenvalue weighted by atomic mass is 35.5. The first-order valence-electron chi connectivity index (χ1n) is 4.34. The van der Waals surface area contributed by atoms with E-state index in [0.29, 0.717) is 12.4 Å². The lowest BCUT2D eigenvalue weighted by Gasteiger charge is -2.08. The predicted molar refractivity (Wildman–Crippen MR) is 58.4 cm³/mol. The summed E-state index contributed by atoms with van der Waals surface area (Å²) in [6.45, 7) is 1.58. The van der Waals surface area contributed by atoms with Gasteiger partial charge in [-0.05, 0) is 5.56 Å². The molecular weight excluding hydrogens is 198 g/mol. The van der Waals surface area contributed by atoms with Crippen molar-refractivity contribution in [3.05, 3.63) is 35.4 Å². The fourth-order valence-corrected chi connectivity index (χ4v) is 1.93. The molecule has 2 aliphatic rings. The maximum Gasteiger partial charge on any atom is 0.142 e. The first kappa shape index (κ1) is 9.21. The summed E-state index contributed by atoms with van der Waals surface area (Å²) in [5, 5.41) is 7.46. The van der Waals surface area contributed by atoms with Crippen molar-refractivity contribution >= 4 is 24.1 Å². The summed E-state index contributed by atoms with van der Waals surface area (Å²) in [5.74, 6) is 1.46. The Bertz CT molecular complexity index is 425. The van der Waals surface area contributed by atoms with Crippen LogP contribution in [0.1, 0.15) is 11.1 Å². The molecule has 0 radical (unpaired) electrons. The fraction of sp³-hybridized carbons (Fsp3) is 0.200. The highest BCUT2D eigenvalue weighted by Crippen LogP contribution is 2.25. The molecule has 0 saturated heterocycles. The Morgan fingerprint density at radius 3 is 2.86 bits per heavy atom. The monoisotopic (exact) mass is 207 g/mol. The lowest BCUT2D eigenvalue weighted by Crippen LogP contribution is -2.21. The quantitative estimate of drug-likeness (QED) is 0.691. The minimum Gasteiger partial charge on any atom is -0.344 e. The molecule has 72 valence electrons. The number of nitrogens with zero attached hydrogens (tertiary/aromatic N) is 2. The van der Waals surface area contributed by atoms with Crippen molar-refractivity contribution in [3.8, 4) is 0 Å². The summed E-state index contributed by atoms with van der Waals surface area (Å²) >= 11 is 0. The molecule has 3 rings (SSSR count). The second-order valence-corrected chi connectivity index (χ2v) is 3.40. The fourth-order valence-electron chi connectivity index (χ4n) is 1.93. The van der Waals surface area contributed by atoms with Gasteiger partial charge in [0.05, 0.1) is 6.54 Å². The van der Waals surface area contributed by atoms with Gasteiger partial charge in [-0.3, -0.25) is 5.41 Å². The van der Waals surface area contributed by atoms with E-state index >= 15 is 0 Å². The van der Waals surface area contributed by atoms with Crippen LogP contribution < -0.4 is 0 Å². The Morgan fingerprint density at radius 2 is 2.00 bits per heavy atom. The average molecular weight is 208 g/mol. The molecule has 2 aliphatic heterocycles. The summed E-state index contributed by atoms with van der Waals surface area (Å²) in [4.78, 5) is 6.36. The zero-order chi connectivity index (χ0) is 8.84. The van der Waals surface area contributed by atoms with Crippen molar-refractivity contribution in [2.75, 3.05) is 6.54 Å². The highest BCUT2D eigenvalue weighted by Gasteiger charge is 2.29. The van der Waals surface area contributed by atoms with Crippen LogP contribution in [0.25, 0.3) is 0 Å². The lowest BCUT2D eigenvalue weighted by atomic mass is 10.1. The molecule has 0 saturated carbocycles. The van der Waals surface area contributed by atoms with Crippen LogP contribution >= 0.6 is 12.4 Å². The van der Waals surface area contributed by atoms with E-state index in [4.69, 9.17) is 5.41 Å². The molecule has 0 aromatic heterocycles. The van der Waals surface area contributed by atoms with E-state index in [9.17, 15) is 0 Å². The molecule has 4 heteroatoms. The van der Waals surface area contributed by atoms with Crippen molar-refractivity contribution in [3.63, 3.8) is 0 Å². The minimum atomic E-state index is 0. The van der Waals surface area contributed by atoms with E-state index in [1.807, 2.05) is 12.1 Å². The minimum absolute atomic E-state index is 0. The molecule has 0 unspecified atom stereocenters. The molecule has 0 amide bonds. The van der Waals surface area contributed by atoms with Gasteiger partial charge in [-0.15, -0.1) is 12.4 Å². The van der Waals surface area contributed by atoms with E-state index in [0.717, 1.165) is 12.4 Å². The van der Waals surface area contributed by atoms with E-state index in [1.165, 1.54) is 11.1 Å². The molecule has 14 heavy (non-hydrogen) atoms. The van der Waals surface area contributed by atoms with Crippen LogP contribution in [-0.4, -0.2) is 23.1 Å². The van der Waals surface area contributed by atoms with Crippen molar-refractivity contribution in [2.45, 2.75) is 6.54 Å². The van der Waals surface area contributed by atoms with Crippen molar-refractivity contribution in [1.29, 1.82) is 5.41 Å². The summed E-state index contributed by atoms with van der Waals surface area (Å²) in [6, 6.07) is 8.27. The van der Waals surface area contributed by atoms with E-state index in [1.54, 1.807) is 0 Å². The largest absolute Gasteiger partial charge is 0.344 e. The number of rotatable bonds is 0. The Kier molecular flexibility index (Phi) is 2.04. The summed E-state index contributed by atoms with van der Waals surface area (Å²) in [7, 11) is 0. The maximum atomic E-state index is 7.46. The smallest absolute Gasteiger partial charge is 0.142 e. The van der Waals surface area contributed by atoms with Crippen molar-refractivity contribution < 1.29 is 0 Å². The number of hydrogen-bond acceptors (Lipinski definition) is 2. The molecule has 0 spiro atoms. The van der Waals surface area contributed by atoms with Crippen LogP contribution in [0.15, 0.2) is 29.3 Å². The Hall–Kier alpha value is -1.35. The van der Waals surface area contributed by atoms with Gasteiger partial charge in [-0.2, -0.15) is 0 Å². The average Bonchev–Trinajstić information content (AvgIpc) is 2.60. The molecule has 0 aliphatic carbocycles. The van der Waals surface area contributed by atoms with Gasteiger partial charge in [0.25, 0.3) is 0 Å². The third-order valence-corrected chi connectivity index (χ3v) is 2.50. The van der Waals surface area contributed by atoms with E-state index in [2.05, 4.69) is 22.0 Å². The zero-order valence-corrected chi connectivity index (χ0v) is 8.34. The van der Waals surface area contributed by atoms with Crippen LogP contribution in [0.2, 0.25) is 0 Å². The third-order valence-electron chi connectivity index (χ3n) is 2.50. The Morgan fingerprint density at radius 1 is 1.21 bits per heavy atom. The summed E-state index contributed by atoms with van der Waals surface area (Å²) in [6.07, 6.45) is 0. The Labute approximate surface area is 88.4 Å². The zero-order valence-electron chi connectivity index (χ0n) is 7.53. The molecule has 1 N–H and O–H groups in total. The maximum absolute atomic E-state index is 7.46. The number of nitrogens with one attached hydrogen (secondary N) is 1. The number of halogens is 1. The summed E-state index contributed by atoms with van der Waals surface area (Å²) in [5.41, 5.74) is 2.53. The standard InChI is InChI=1S/C10H9N3.ClH/c11-9-6-13-5-7-3-1-2-4-8(7)10(13)12-9;/h1-4,11H,5-6H2;1H. The Balaban J connectivity index is 0.000000750. The number of amidine groups is 2. The van der Waals surface area contributed by atoms with Gasteiger partial charge in [0, 0.05) is 12.1 Å². The first-order valence-corrected chi connectivity index (χ1v) is 4.34. The normalized spacial score (nSPS) is 17.3. The lowest BCUT2D eigenvalue weighted by molar-refractivity contribution is 0.502. The molecule has 0 bridgehead atoms. The van der Waals surface area contributed by atoms with Crippen LogP contribution in [0.4, 0.5) is 0 Å². The highest BCUT2D eigenvalue weighted by molar-refractivity contribution is 6.13. The number of fused-ring (bicyclic) bond motifs is 3. The van der Waals surface area contributed by atoms with Crippen LogP contribution in [0.5, 0.6) is 0 Å². The SMILES string of the molecule is Cl.N=C1CN2Cc3ccccc3C2=N1. The van der Waals surface area contributed by atoms with Crippen LogP contribution in [0.3, 0.4) is 0 Å². The third kappa shape index (κ3) is 1.13. The predicted octanol–water partition coefficient (Wildman–Crippen LogP) is 1.66.